The Balaban J connectivity index is 1.82. The first-order chi connectivity index (χ1) is 8.29. The van der Waals surface area contributed by atoms with Crippen LogP contribution < -0.4 is 5.32 Å². The van der Waals surface area contributed by atoms with Crippen LogP contribution in [0.25, 0.3) is 0 Å². The molecular formula is C14H23NOS. The Morgan fingerprint density at radius 2 is 2.29 bits per heavy atom. The third-order valence-corrected chi connectivity index (χ3v) is 4.36. The Morgan fingerprint density at radius 1 is 1.47 bits per heavy atom. The summed E-state index contributed by atoms with van der Waals surface area (Å²) in [6, 6.07) is 3.30. The van der Waals surface area contributed by atoms with E-state index >= 15 is 0 Å². The van der Waals surface area contributed by atoms with E-state index in [-0.39, 0.29) is 0 Å². The van der Waals surface area contributed by atoms with Crippen LogP contribution in [0.2, 0.25) is 0 Å². The van der Waals surface area contributed by atoms with Crippen molar-refractivity contribution in [2.45, 2.75) is 57.2 Å². The number of thiophene rings is 1. The Kier molecular flexibility index (Phi) is 5.01. The fourth-order valence-electron chi connectivity index (χ4n) is 2.76. The Morgan fingerprint density at radius 3 is 3.00 bits per heavy atom. The molecule has 0 aromatic carbocycles. The highest BCUT2D eigenvalue weighted by Gasteiger charge is 2.25. The van der Waals surface area contributed by atoms with Crippen LogP contribution >= 0.6 is 11.3 Å². The molecule has 0 spiro atoms. The molecule has 1 saturated carbocycles. The van der Waals surface area contributed by atoms with Gasteiger partial charge >= 0.3 is 0 Å². The van der Waals surface area contributed by atoms with E-state index in [4.69, 9.17) is 4.74 Å². The topological polar surface area (TPSA) is 21.3 Å². The Bertz CT molecular complexity index is 312. The molecular weight excluding hydrogens is 230 g/mol. The molecule has 1 fully saturated rings. The molecule has 0 saturated heterocycles. The van der Waals surface area contributed by atoms with Crippen LogP contribution in [0, 0.1) is 0 Å². The Labute approximate surface area is 108 Å². The van der Waals surface area contributed by atoms with Gasteiger partial charge < -0.3 is 10.1 Å². The lowest BCUT2D eigenvalue weighted by atomic mass is 9.91. The van der Waals surface area contributed by atoms with Crippen molar-refractivity contribution in [1.82, 2.24) is 5.32 Å². The summed E-state index contributed by atoms with van der Waals surface area (Å²) in [5.41, 5.74) is 1.44. The molecule has 0 bridgehead atoms. The first-order valence-electron chi connectivity index (χ1n) is 6.59. The molecule has 0 radical (unpaired) electrons. The van der Waals surface area contributed by atoms with Crippen LogP contribution in [-0.2, 0) is 11.2 Å². The van der Waals surface area contributed by atoms with Gasteiger partial charge in [-0.1, -0.05) is 12.8 Å². The zero-order valence-electron chi connectivity index (χ0n) is 10.8. The number of hydrogen-bond donors (Lipinski definition) is 1. The maximum Gasteiger partial charge on any atom is 0.0724 e. The first-order valence-corrected chi connectivity index (χ1v) is 7.54. The second kappa shape index (κ2) is 6.53. The quantitative estimate of drug-likeness (QED) is 0.870. The average Bonchev–Trinajstić information content (AvgIpc) is 2.82. The largest absolute Gasteiger partial charge is 0.380 e. The monoisotopic (exact) mass is 253 g/mol. The molecule has 3 unspecified atom stereocenters. The molecule has 96 valence electrons. The summed E-state index contributed by atoms with van der Waals surface area (Å²) < 4.78 is 5.58. The number of hydrogen-bond acceptors (Lipinski definition) is 3. The minimum atomic E-state index is 0.411. The van der Waals surface area contributed by atoms with E-state index in [1.807, 2.05) is 7.11 Å². The van der Waals surface area contributed by atoms with Gasteiger partial charge in [-0.3, -0.25) is 0 Å². The maximum absolute atomic E-state index is 5.58. The standard InChI is InChI=1S/C14H23NOS/c1-11(9-12-7-8-17-10-12)15-13-5-3-4-6-14(13)16-2/h7-8,10-11,13-15H,3-6,9H2,1-2H3. The van der Waals surface area contributed by atoms with Gasteiger partial charge in [0, 0.05) is 19.2 Å². The average molecular weight is 253 g/mol. The van der Waals surface area contributed by atoms with Gasteiger partial charge in [-0.25, -0.2) is 0 Å². The SMILES string of the molecule is COC1CCCCC1NC(C)Cc1ccsc1. The first kappa shape index (κ1) is 13.1. The normalized spacial score (nSPS) is 26.9. The smallest absolute Gasteiger partial charge is 0.0724 e. The zero-order valence-corrected chi connectivity index (χ0v) is 11.6. The van der Waals surface area contributed by atoms with Gasteiger partial charge in [0.15, 0.2) is 0 Å². The van der Waals surface area contributed by atoms with E-state index in [0.29, 0.717) is 18.2 Å². The summed E-state index contributed by atoms with van der Waals surface area (Å²) >= 11 is 1.78. The third kappa shape index (κ3) is 3.80. The molecule has 2 rings (SSSR count). The molecule has 0 aliphatic heterocycles. The minimum absolute atomic E-state index is 0.411. The summed E-state index contributed by atoms with van der Waals surface area (Å²) in [4.78, 5) is 0. The molecule has 17 heavy (non-hydrogen) atoms. The van der Waals surface area contributed by atoms with Crippen LogP contribution in [0.5, 0.6) is 0 Å². The van der Waals surface area contributed by atoms with Crippen LogP contribution in [0.4, 0.5) is 0 Å². The van der Waals surface area contributed by atoms with Crippen LogP contribution in [0.1, 0.15) is 38.2 Å². The van der Waals surface area contributed by atoms with Crippen molar-refractivity contribution in [3.8, 4) is 0 Å². The van der Waals surface area contributed by atoms with E-state index < -0.39 is 0 Å². The van der Waals surface area contributed by atoms with Gasteiger partial charge in [-0.2, -0.15) is 11.3 Å². The highest BCUT2D eigenvalue weighted by atomic mass is 32.1. The molecule has 1 aliphatic carbocycles. The highest BCUT2D eigenvalue weighted by Crippen LogP contribution is 2.21. The van der Waals surface area contributed by atoms with E-state index in [9.17, 15) is 0 Å². The third-order valence-electron chi connectivity index (χ3n) is 3.63. The van der Waals surface area contributed by atoms with Gasteiger partial charge in [0.1, 0.15) is 0 Å². The lowest BCUT2D eigenvalue weighted by Gasteiger charge is -2.33. The molecule has 3 atom stereocenters. The van der Waals surface area contributed by atoms with Crippen molar-refractivity contribution in [1.29, 1.82) is 0 Å². The van der Waals surface area contributed by atoms with Crippen molar-refractivity contribution in [3.63, 3.8) is 0 Å². The molecule has 1 heterocycles. The molecule has 1 aromatic rings. The predicted octanol–water partition coefficient (Wildman–Crippen LogP) is 3.23. The van der Waals surface area contributed by atoms with Gasteiger partial charge in [-0.15, -0.1) is 0 Å². The highest BCUT2D eigenvalue weighted by molar-refractivity contribution is 7.07. The fourth-order valence-corrected chi connectivity index (χ4v) is 3.44. The van der Waals surface area contributed by atoms with Gasteiger partial charge in [-0.05, 0) is 48.6 Å². The van der Waals surface area contributed by atoms with E-state index in [1.54, 1.807) is 11.3 Å². The summed E-state index contributed by atoms with van der Waals surface area (Å²) in [6.45, 7) is 2.28. The summed E-state index contributed by atoms with van der Waals surface area (Å²) in [7, 11) is 1.84. The van der Waals surface area contributed by atoms with Crippen LogP contribution in [0.15, 0.2) is 16.8 Å². The van der Waals surface area contributed by atoms with Gasteiger partial charge in [0.05, 0.1) is 6.10 Å². The number of nitrogens with one attached hydrogen (secondary N) is 1. The number of rotatable bonds is 5. The molecule has 1 aromatic heterocycles. The Hall–Kier alpha value is -0.380. The van der Waals surface area contributed by atoms with Crippen LogP contribution in [0.3, 0.4) is 0 Å². The summed E-state index contributed by atoms with van der Waals surface area (Å²) in [5.74, 6) is 0. The number of ether oxygens (including phenoxy) is 1. The predicted molar refractivity (Wildman–Crippen MR) is 73.7 cm³/mol. The van der Waals surface area contributed by atoms with Gasteiger partial charge in [0.2, 0.25) is 0 Å². The van der Waals surface area contributed by atoms with Crippen molar-refractivity contribution in [2.75, 3.05) is 7.11 Å². The van der Waals surface area contributed by atoms with Crippen molar-refractivity contribution >= 4 is 11.3 Å². The van der Waals surface area contributed by atoms with Crippen molar-refractivity contribution in [3.05, 3.63) is 22.4 Å². The second-order valence-corrected chi connectivity index (χ2v) is 5.85. The zero-order chi connectivity index (χ0) is 12.1. The second-order valence-electron chi connectivity index (χ2n) is 5.07. The molecule has 0 amide bonds. The number of methoxy groups -OCH3 is 1. The van der Waals surface area contributed by atoms with E-state index in [0.717, 1.165) is 6.42 Å². The van der Waals surface area contributed by atoms with E-state index in [1.165, 1.54) is 31.2 Å². The maximum atomic E-state index is 5.58. The minimum Gasteiger partial charge on any atom is -0.380 e. The molecule has 1 aliphatic rings. The molecule has 1 N–H and O–H groups in total. The summed E-state index contributed by atoms with van der Waals surface area (Å²) in [6.07, 6.45) is 6.65. The van der Waals surface area contributed by atoms with Gasteiger partial charge in [0.25, 0.3) is 0 Å². The van der Waals surface area contributed by atoms with Crippen molar-refractivity contribution < 1.29 is 4.74 Å². The fraction of sp³-hybridized carbons (Fsp3) is 0.714. The molecule has 2 nitrogen and oxygen atoms in total. The lowest BCUT2D eigenvalue weighted by Crippen LogP contribution is -2.47. The van der Waals surface area contributed by atoms with Crippen molar-refractivity contribution in [2.24, 2.45) is 0 Å². The summed E-state index contributed by atoms with van der Waals surface area (Å²) in [5, 5.41) is 8.13. The molecule has 3 heteroatoms. The van der Waals surface area contributed by atoms with Crippen LogP contribution in [-0.4, -0.2) is 25.3 Å². The lowest BCUT2D eigenvalue weighted by molar-refractivity contribution is 0.0384. The van der Waals surface area contributed by atoms with E-state index in [2.05, 4.69) is 29.1 Å².